The number of aryl methyl sites for hydroxylation is 1. The molecule has 2 rings (SSSR count). The summed E-state index contributed by atoms with van der Waals surface area (Å²) in [5.74, 6) is 0.159. The Hall–Kier alpha value is -1.69. The van der Waals surface area contributed by atoms with Gasteiger partial charge in [0, 0.05) is 17.8 Å². The zero-order valence-electron chi connectivity index (χ0n) is 11.7. The Morgan fingerprint density at radius 2 is 2.25 bits per heavy atom. The van der Waals surface area contributed by atoms with Crippen LogP contribution in [-0.2, 0) is 11.2 Å². The van der Waals surface area contributed by atoms with E-state index in [0.29, 0.717) is 6.54 Å². The summed E-state index contributed by atoms with van der Waals surface area (Å²) in [5.41, 5.74) is 0. The van der Waals surface area contributed by atoms with Crippen LogP contribution in [0.1, 0.15) is 31.6 Å². The van der Waals surface area contributed by atoms with Crippen LogP contribution in [0.3, 0.4) is 0 Å². The zero-order valence-corrected chi connectivity index (χ0v) is 12.5. The highest BCUT2D eigenvalue weighted by molar-refractivity contribution is 7.18. The van der Waals surface area contributed by atoms with Crippen LogP contribution < -0.4 is 5.32 Å². The molecular weight excluding hydrogens is 274 g/mol. The Bertz CT molecular complexity index is 597. The molecule has 0 aliphatic heterocycles. The van der Waals surface area contributed by atoms with Crippen molar-refractivity contribution >= 4 is 33.3 Å². The first kappa shape index (κ1) is 14.7. The highest BCUT2D eigenvalue weighted by Crippen LogP contribution is 2.28. The minimum atomic E-state index is -0.754. The molecule has 0 saturated carbocycles. The summed E-state index contributed by atoms with van der Waals surface area (Å²) in [6, 6.07) is 2.11. The first-order valence-corrected chi connectivity index (χ1v) is 7.64. The molecule has 1 unspecified atom stereocenters. The molecule has 0 radical (unpaired) electrons. The second-order valence-corrected chi connectivity index (χ2v) is 5.88. The normalized spacial score (nSPS) is 12.5. The predicted molar refractivity (Wildman–Crippen MR) is 81.3 cm³/mol. The van der Waals surface area contributed by atoms with Gasteiger partial charge in [-0.2, -0.15) is 0 Å². The maximum Gasteiger partial charge on any atom is 0.303 e. The molecule has 6 heteroatoms. The van der Waals surface area contributed by atoms with Crippen LogP contribution in [0.4, 0.5) is 5.82 Å². The maximum absolute atomic E-state index is 10.8. The second-order valence-electron chi connectivity index (χ2n) is 4.76. The predicted octanol–water partition coefficient (Wildman–Crippen LogP) is 3.17. The number of thiophene rings is 1. The van der Waals surface area contributed by atoms with Gasteiger partial charge in [0.25, 0.3) is 0 Å². The molecule has 5 nitrogen and oxygen atoms in total. The van der Waals surface area contributed by atoms with E-state index in [9.17, 15) is 4.79 Å². The monoisotopic (exact) mass is 293 g/mol. The van der Waals surface area contributed by atoms with Crippen molar-refractivity contribution in [2.24, 2.45) is 5.92 Å². The SMILES string of the molecule is CCc1cc2c(NCC(CC)CC(=O)O)ncnc2s1. The van der Waals surface area contributed by atoms with E-state index in [-0.39, 0.29) is 12.3 Å². The average Bonchev–Trinajstić information content (AvgIpc) is 2.86. The van der Waals surface area contributed by atoms with Gasteiger partial charge in [-0.3, -0.25) is 4.79 Å². The molecule has 0 aliphatic carbocycles. The first-order chi connectivity index (χ1) is 9.63. The lowest BCUT2D eigenvalue weighted by atomic mass is 10.0. The van der Waals surface area contributed by atoms with Gasteiger partial charge in [-0.1, -0.05) is 20.3 Å². The largest absolute Gasteiger partial charge is 0.481 e. The summed E-state index contributed by atoms with van der Waals surface area (Å²) < 4.78 is 0. The molecule has 0 spiro atoms. The summed E-state index contributed by atoms with van der Waals surface area (Å²) in [4.78, 5) is 21.6. The number of hydrogen-bond acceptors (Lipinski definition) is 5. The number of carboxylic acid groups (broad SMARTS) is 1. The van der Waals surface area contributed by atoms with E-state index >= 15 is 0 Å². The van der Waals surface area contributed by atoms with E-state index in [1.54, 1.807) is 17.7 Å². The fourth-order valence-corrected chi connectivity index (χ4v) is 3.00. The molecule has 0 fully saturated rings. The van der Waals surface area contributed by atoms with Gasteiger partial charge in [0.2, 0.25) is 0 Å². The summed E-state index contributed by atoms with van der Waals surface area (Å²) in [7, 11) is 0. The van der Waals surface area contributed by atoms with Crippen molar-refractivity contribution in [3.05, 3.63) is 17.3 Å². The molecule has 1 atom stereocenters. The van der Waals surface area contributed by atoms with Gasteiger partial charge in [-0.25, -0.2) is 9.97 Å². The minimum Gasteiger partial charge on any atom is -0.481 e. The maximum atomic E-state index is 10.8. The third-order valence-corrected chi connectivity index (χ3v) is 4.52. The van der Waals surface area contributed by atoms with Crippen LogP contribution in [0.5, 0.6) is 0 Å². The van der Waals surface area contributed by atoms with Gasteiger partial charge in [-0.15, -0.1) is 11.3 Å². The van der Waals surface area contributed by atoms with Crippen LogP contribution in [0, 0.1) is 5.92 Å². The van der Waals surface area contributed by atoms with Gasteiger partial charge in [-0.05, 0) is 18.4 Å². The Morgan fingerprint density at radius 3 is 2.90 bits per heavy atom. The number of anilines is 1. The molecule has 2 aromatic rings. The van der Waals surface area contributed by atoms with Crippen molar-refractivity contribution in [3.63, 3.8) is 0 Å². The number of aromatic nitrogens is 2. The molecule has 0 saturated heterocycles. The molecule has 108 valence electrons. The number of aliphatic carboxylic acids is 1. The molecule has 0 bridgehead atoms. The number of carbonyl (C=O) groups is 1. The van der Waals surface area contributed by atoms with Crippen LogP contribution >= 0.6 is 11.3 Å². The van der Waals surface area contributed by atoms with Gasteiger partial charge >= 0.3 is 5.97 Å². The third-order valence-electron chi connectivity index (χ3n) is 3.33. The Labute approximate surface area is 122 Å². The molecule has 0 amide bonds. The number of rotatable bonds is 7. The van der Waals surface area contributed by atoms with Crippen LogP contribution in [-0.4, -0.2) is 27.6 Å². The number of carboxylic acids is 1. The van der Waals surface area contributed by atoms with Crippen molar-refractivity contribution in [1.29, 1.82) is 0 Å². The topological polar surface area (TPSA) is 75.1 Å². The lowest BCUT2D eigenvalue weighted by Crippen LogP contribution is -2.17. The first-order valence-electron chi connectivity index (χ1n) is 6.83. The summed E-state index contributed by atoms with van der Waals surface area (Å²) in [6.45, 7) is 4.74. The highest BCUT2D eigenvalue weighted by Gasteiger charge is 2.13. The van der Waals surface area contributed by atoms with Crippen molar-refractivity contribution in [2.45, 2.75) is 33.1 Å². The lowest BCUT2D eigenvalue weighted by molar-refractivity contribution is -0.138. The smallest absolute Gasteiger partial charge is 0.303 e. The van der Waals surface area contributed by atoms with Gasteiger partial charge < -0.3 is 10.4 Å². The summed E-state index contributed by atoms with van der Waals surface area (Å²) >= 11 is 1.68. The minimum absolute atomic E-state index is 0.113. The second kappa shape index (κ2) is 6.65. The fraction of sp³-hybridized carbons (Fsp3) is 0.500. The molecule has 2 N–H and O–H groups in total. The fourth-order valence-electron chi connectivity index (χ4n) is 2.07. The van der Waals surface area contributed by atoms with Crippen molar-refractivity contribution < 1.29 is 9.90 Å². The zero-order chi connectivity index (χ0) is 14.5. The van der Waals surface area contributed by atoms with Crippen LogP contribution in [0.15, 0.2) is 12.4 Å². The van der Waals surface area contributed by atoms with Gasteiger partial charge in [0.05, 0.1) is 5.39 Å². The van der Waals surface area contributed by atoms with E-state index in [4.69, 9.17) is 5.11 Å². The molecule has 20 heavy (non-hydrogen) atoms. The number of nitrogens with zero attached hydrogens (tertiary/aromatic N) is 2. The number of hydrogen-bond donors (Lipinski definition) is 2. The van der Waals surface area contributed by atoms with E-state index in [0.717, 1.165) is 28.9 Å². The summed E-state index contributed by atoms with van der Waals surface area (Å²) in [5, 5.41) is 13.2. The lowest BCUT2D eigenvalue weighted by Gasteiger charge is -2.14. The average molecular weight is 293 g/mol. The van der Waals surface area contributed by atoms with Crippen molar-refractivity contribution in [2.75, 3.05) is 11.9 Å². The van der Waals surface area contributed by atoms with Crippen molar-refractivity contribution in [1.82, 2.24) is 9.97 Å². The Morgan fingerprint density at radius 1 is 1.45 bits per heavy atom. The molecule has 0 aromatic carbocycles. The van der Waals surface area contributed by atoms with E-state index in [1.165, 1.54) is 4.88 Å². The molecular formula is C14H19N3O2S. The quantitative estimate of drug-likeness (QED) is 0.820. The van der Waals surface area contributed by atoms with E-state index in [1.807, 2.05) is 6.92 Å². The molecule has 2 aromatic heterocycles. The van der Waals surface area contributed by atoms with Crippen LogP contribution in [0.25, 0.3) is 10.2 Å². The summed E-state index contributed by atoms with van der Waals surface area (Å²) in [6.07, 6.45) is 3.55. The van der Waals surface area contributed by atoms with E-state index < -0.39 is 5.97 Å². The molecule has 2 heterocycles. The standard InChI is InChI=1S/C14H19N3O2S/c1-3-9(5-12(18)19)7-15-13-11-6-10(4-2)20-14(11)17-8-16-13/h6,8-9H,3-5,7H2,1-2H3,(H,18,19)(H,15,16,17). The van der Waals surface area contributed by atoms with Gasteiger partial charge in [0.1, 0.15) is 17.0 Å². The highest BCUT2D eigenvalue weighted by atomic mass is 32.1. The third kappa shape index (κ3) is 3.45. The molecule has 0 aliphatic rings. The Kier molecular flexibility index (Phi) is 4.89. The number of fused-ring (bicyclic) bond motifs is 1. The van der Waals surface area contributed by atoms with Gasteiger partial charge in [0.15, 0.2) is 0 Å². The Balaban J connectivity index is 2.12. The number of nitrogens with one attached hydrogen (secondary N) is 1. The van der Waals surface area contributed by atoms with Crippen LogP contribution in [0.2, 0.25) is 0 Å². The van der Waals surface area contributed by atoms with Crippen molar-refractivity contribution in [3.8, 4) is 0 Å². The van der Waals surface area contributed by atoms with E-state index in [2.05, 4.69) is 28.3 Å².